The van der Waals surface area contributed by atoms with Gasteiger partial charge >= 0.3 is 0 Å². The van der Waals surface area contributed by atoms with Crippen molar-refractivity contribution in [1.29, 1.82) is 0 Å². The monoisotopic (exact) mass is 328 g/mol. The van der Waals surface area contributed by atoms with E-state index in [0.29, 0.717) is 0 Å². The lowest BCUT2D eigenvalue weighted by atomic mass is 10.1. The Labute approximate surface area is 143 Å². The normalized spacial score (nSPS) is 11.5. The van der Waals surface area contributed by atoms with E-state index in [9.17, 15) is 0 Å². The topological polar surface area (TPSA) is 17.3 Å². The molecular formula is C21H13ClN2. The Morgan fingerprint density at radius 1 is 0.708 bits per heavy atom. The molecule has 0 amide bonds. The maximum absolute atomic E-state index is 6.09. The quantitative estimate of drug-likeness (QED) is 0.371. The van der Waals surface area contributed by atoms with Crippen LogP contribution in [0.25, 0.3) is 38.6 Å². The maximum Gasteiger partial charge on any atom is 0.0871 e. The van der Waals surface area contributed by atoms with E-state index in [-0.39, 0.29) is 0 Å². The van der Waals surface area contributed by atoms with Gasteiger partial charge in [0.15, 0.2) is 0 Å². The lowest BCUT2D eigenvalue weighted by Gasteiger charge is -2.08. The number of benzene rings is 3. The van der Waals surface area contributed by atoms with Crippen molar-refractivity contribution in [3.8, 4) is 11.3 Å². The third-order valence-corrected chi connectivity index (χ3v) is 4.74. The smallest absolute Gasteiger partial charge is 0.0871 e. The van der Waals surface area contributed by atoms with Crippen LogP contribution in [0.1, 0.15) is 0 Å². The predicted molar refractivity (Wildman–Crippen MR) is 101 cm³/mol. The largest absolute Gasteiger partial charge is 0.305 e. The number of aromatic nitrogens is 2. The number of halogens is 1. The summed E-state index contributed by atoms with van der Waals surface area (Å²) in [6.07, 6.45) is 1.96. The zero-order valence-corrected chi connectivity index (χ0v) is 13.5. The van der Waals surface area contributed by atoms with Gasteiger partial charge in [-0.3, -0.25) is 4.98 Å². The van der Waals surface area contributed by atoms with Gasteiger partial charge in [-0.1, -0.05) is 60.1 Å². The van der Waals surface area contributed by atoms with Gasteiger partial charge in [0.25, 0.3) is 0 Å². The number of hydrogen-bond acceptors (Lipinski definition) is 1. The molecule has 0 saturated carbocycles. The van der Waals surface area contributed by atoms with Gasteiger partial charge in [-0.2, -0.15) is 0 Å². The molecule has 0 N–H and O–H groups in total. The summed E-state index contributed by atoms with van der Waals surface area (Å²) >= 11 is 6.09. The van der Waals surface area contributed by atoms with Gasteiger partial charge in [-0.25, -0.2) is 0 Å². The van der Waals surface area contributed by atoms with Crippen LogP contribution >= 0.6 is 11.6 Å². The van der Waals surface area contributed by atoms with Gasteiger partial charge in [0.2, 0.25) is 0 Å². The van der Waals surface area contributed by atoms with Crippen LogP contribution in [-0.4, -0.2) is 9.38 Å². The van der Waals surface area contributed by atoms with Crippen LogP contribution in [0.5, 0.6) is 0 Å². The van der Waals surface area contributed by atoms with Crippen LogP contribution < -0.4 is 0 Å². The molecule has 5 rings (SSSR count). The van der Waals surface area contributed by atoms with Crippen molar-refractivity contribution < 1.29 is 0 Å². The van der Waals surface area contributed by atoms with Crippen molar-refractivity contribution in [2.45, 2.75) is 0 Å². The minimum Gasteiger partial charge on any atom is -0.305 e. The first-order chi connectivity index (χ1) is 11.8. The fourth-order valence-corrected chi connectivity index (χ4v) is 3.56. The fraction of sp³-hybridized carbons (Fsp3) is 0. The highest BCUT2D eigenvalue weighted by Crippen LogP contribution is 2.36. The molecule has 0 atom stereocenters. The zero-order valence-electron chi connectivity index (χ0n) is 12.8. The van der Waals surface area contributed by atoms with Crippen LogP contribution in [0.3, 0.4) is 0 Å². The van der Waals surface area contributed by atoms with Gasteiger partial charge < -0.3 is 4.40 Å². The van der Waals surface area contributed by atoms with Crippen LogP contribution in [0.4, 0.5) is 0 Å². The van der Waals surface area contributed by atoms with Crippen LogP contribution in [-0.2, 0) is 0 Å². The molecule has 3 aromatic carbocycles. The fourth-order valence-electron chi connectivity index (χ4n) is 3.44. The van der Waals surface area contributed by atoms with Crippen molar-refractivity contribution >= 4 is 38.9 Å². The van der Waals surface area contributed by atoms with Gasteiger partial charge in [0, 0.05) is 15.8 Å². The molecule has 0 saturated heterocycles. The summed E-state index contributed by atoms with van der Waals surface area (Å²) < 4.78 is 2.30. The van der Waals surface area contributed by atoms with E-state index >= 15 is 0 Å². The Morgan fingerprint density at radius 3 is 2.25 bits per heavy atom. The van der Waals surface area contributed by atoms with E-state index in [0.717, 1.165) is 27.1 Å². The van der Waals surface area contributed by atoms with Crippen molar-refractivity contribution in [3.63, 3.8) is 0 Å². The van der Waals surface area contributed by atoms with E-state index in [1.165, 1.54) is 16.5 Å². The second-order valence-corrected chi connectivity index (χ2v) is 6.31. The summed E-state index contributed by atoms with van der Waals surface area (Å²) in [4.78, 5) is 4.64. The van der Waals surface area contributed by atoms with Crippen LogP contribution in [0, 0.1) is 0 Å². The van der Waals surface area contributed by atoms with E-state index in [1.54, 1.807) is 0 Å². The Hall–Kier alpha value is -2.84. The molecule has 2 nitrogen and oxygen atoms in total. The molecule has 0 aliphatic heterocycles. The Morgan fingerprint density at radius 2 is 1.42 bits per heavy atom. The van der Waals surface area contributed by atoms with Gasteiger partial charge in [0.1, 0.15) is 0 Å². The standard InChI is InChI=1S/C21H13ClN2/c22-15-11-9-14(10-12-15)21-17-6-2-1-5-16(17)20-13-23-18-7-3-4-8-19(18)24(20)21/h1-13H. The minimum atomic E-state index is 0.746. The number of fused-ring (bicyclic) bond motifs is 5. The lowest BCUT2D eigenvalue weighted by molar-refractivity contribution is 1.24. The lowest BCUT2D eigenvalue weighted by Crippen LogP contribution is -1.93. The highest BCUT2D eigenvalue weighted by molar-refractivity contribution is 6.30. The number of para-hydroxylation sites is 2. The second-order valence-electron chi connectivity index (χ2n) is 5.87. The van der Waals surface area contributed by atoms with Crippen molar-refractivity contribution in [2.75, 3.05) is 0 Å². The summed E-state index contributed by atoms with van der Waals surface area (Å²) in [6.45, 7) is 0. The minimum absolute atomic E-state index is 0.746. The summed E-state index contributed by atoms with van der Waals surface area (Å²) in [5.41, 5.74) is 5.54. The summed E-state index contributed by atoms with van der Waals surface area (Å²) in [5.74, 6) is 0. The van der Waals surface area contributed by atoms with Crippen molar-refractivity contribution in [1.82, 2.24) is 9.38 Å². The molecule has 5 aromatic rings. The molecule has 0 aliphatic rings. The Balaban J connectivity index is 2.05. The predicted octanol–water partition coefficient (Wildman–Crippen LogP) is 5.96. The van der Waals surface area contributed by atoms with E-state index < -0.39 is 0 Å². The molecule has 24 heavy (non-hydrogen) atoms. The van der Waals surface area contributed by atoms with Crippen molar-refractivity contribution in [2.24, 2.45) is 0 Å². The highest BCUT2D eigenvalue weighted by atomic mass is 35.5. The molecule has 0 spiro atoms. The maximum atomic E-state index is 6.09. The molecule has 114 valence electrons. The van der Waals surface area contributed by atoms with Crippen LogP contribution in [0.2, 0.25) is 5.02 Å². The molecule has 0 radical (unpaired) electrons. The Bertz CT molecular complexity index is 1200. The molecule has 0 unspecified atom stereocenters. The average Bonchev–Trinajstić information content (AvgIpc) is 2.97. The average molecular weight is 329 g/mol. The van der Waals surface area contributed by atoms with Gasteiger partial charge in [0.05, 0.1) is 28.4 Å². The van der Waals surface area contributed by atoms with Crippen molar-refractivity contribution in [3.05, 3.63) is 84.0 Å². The first-order valence-corrected chi connectivity index (χ1v) is 8.23. The zero-order chi connectivity index (χ0) is 16.1. The molecule has 0 fully saturated rings. The van der Waals surface area contributed by atoms with Crippen LogP contribution in [0.15, 0.2) is 79.0 Å². The van der Waals surface area contributed by atoms with E-state index in [1.807, 2.05) is 30.5 Å². The molecule has 3 heteroatoms. The summed E-state index contributed by atoms with van der Waals surface area (Å²) in [5, 5.41) is 3.18. The van der Waals surface area contributed by atoms with E-state index in [2.05, 4.69) is 57.9 Å². The number of hydrogen-bond donors (Lipinski definition) is 0. The number of nitrogens with zero attached hydrogens (tertiary/aromatic N) is 2. The highest BCUT2D eigenvalue weighted by Gasteiger charge is 2.15. The third-order valence-electron chi connectivity index (χ3n) is 4.49. The molecule has 0 bridgehead atoms. The third kappa shape index (κ3) is 1.87. The van der Waals surface area contributed by atoms with Gasteiger partial charge in [-0.05, 0) is 29.8 Å². The summed E-state index contributed by atoms with van der Waals surface area (Å²) in [6, 6.07) is 24.7. The van der Waals surface area contributed by atoms with Gasteiger partial charge in [-0.15, -0.1) is 0 Å². The second kappa shape index (κ2) is 5.08. The SMILES string of the molecule is Clc1ccc(-c2c3ccccc3c3cnc4ccccc4n23)cc1. The molecule has 2 aromatic heterocycles. The number of rotatable bonds is 1. The first kappa shape index (κ1) is 13.6. The molecular weight excluding hydrogens is 316 g/mol. The Kier molecular flexibility index (Phi) is 2.88. The van der Waals surface area contributed by atoms with E-state index in [4.69, 9.17) is 11.6 Å². The first-order valence-electron chi connectivity index (χ1n) is 7.86. The molecule has 0 aliphatic carbocycles. The molecule has 2 heterocycles. The summed E-state index contributed by atoms with van der Waals surface area (Å²) in [7, 11) is 0.